The lowest BCUT2D eigenvalue weighted by Crippen LogP contribution is -2.13. The molecule has 0 fully saturated rings. The second-order valence-electron chi connectivity index (χ2n) is 7.44. The maximum absolute atomic E-state index is 12.8. The highest BCUT2D eigenvalue weighted by Crippen LogP contribution is 2.25. The highest BCUT2D eigenvalue weighted by atomic mass is 32.2. The first kappa shape index (κ1) is 23.5. The van der Waals surface area contributed by atoms with Crippen molar-refractivity contribution in [2.24, 2.45) is 0 Å². The lowest BCUT2D eigenvalue weighted by molar-refractivity contribution is -0.112. The molecule has 7 nitrogen and oxygen atoms in total. The molecule has 0 spiro atoms. The summed E-state index contributed by atoms with van der Waals surface area (Å²) in [7, 11) is -2.60. The van der Waals surface area contributed by atoms with Gasteiger partial charge in [-0.2, -0.15) is 13.7 Å². The zero-order valence-electron chi connectivity index (χ0n) is 18.6. The Morgan fingerprint density at radius 1 is 0.914 bits per heavy atom. The van der Waals surface area contributed by atoms with E-state index in [4.69, 9.17) is 8.92 Å². The fraction of sp³-hybridized carbons (Fsp3) is 0.0370. The first-order valence-corrected chi connectivity index (χ1v) is 11.9. The van der Waals surface area contributed by atoms with Crippen LogP contribution in [0, 0.1) is 11.3 Å². The van der Waals surface area contributed by atoms with Crippen LogP contribution in [0.15, 0.2) is 101 Å². The number of hydrogen-bond acceptors (Lipinski definition) is 6. The van der Waals surface area contributed by atoms with Crippen LogP contribution in [0.25, 0.3) is 16.8 Å². The average Bonchev–Trinajstić information content (AvgIpc) is 2.87. The van der Waals surface area contributed by atoms with Crippen molar-refractivity contribution < 1.29 is 22.1 Å². The molecule has 0 atom stereocenters. The van der Waals surface area contributed by atoms with E-state index in [1.54, 1.807) is 18.2 Å². The molecule has 0 aliphatic heterocycles. The van der Waals surface area contributed by atoms with Crippen LogP contribution < -0.4 is 14.2 Å². The van der Waals surface area contributed by atoms with Crippen molar-refractivity contribution in [2.75, 3.05) is 12.4 Å². The summed E-state index contributed by atoms with van der Waals surface area (Å²) in [6, 6.07) is 26.9. The number of methoxy groups -OCH3 is 1. The zero-order chi connectivity index (χ0) is 24.8. The molecule has 8 heteroatoms. The molecule has 0 saturated carbocycles. The van der Waals surface area contributed by atoms with E-state index < -0.39 is 16.0 Å². The van der Waals surface area contributed by atoms with Gasteiger partial charge in [-0.05, 0) is 59.5 Å². The monoisotopic (exact) mass is 484 g/mol. The normalized spacial score (nSPS) is 11.5. The third-order valence-corrected chi connectivity index (χ3v) is 6.39. The highest BCUT2D eigenvalue weighted by Gasteiger charge is 2.17. The smallest absolute Gasteiger partial charge is 0.339 e. The first-order chi connectivity index (χ1) is 16.9. The minimum atomic E-state index is -4.09. The summed E-state index contributed by atoms with van der Waals surface area (Å²) in [5.41, 5.74) is 0.863. The lowest BCUT2D eigenvalue weighted by atomic mass is 10.1. The largest absolute Gasteiger partial charge is 0.497 e. The number of nitrogens with one attached hydrogen (secondary N) is 1. The number of nitriles is 1. The second-order valence-corrected chi connectivity index (χ2v) is 8.98. The van der Waals surface area contributed by atoms with Crippen molar-refractivity contribution in [3.8, 4) is 17.6 Å². The van der Waals surface area contributed by atoms with Crippen LogP contribution in [-0.4, -0.2) is 21.4 Å². The van der Waals surface area contributed by atoms with Crippen molar-refractivity contribution in [1.29, 1.82) is 5.26 Å². The van der Waals surface area contributed by atoms with Gasteiger partial charge in [0.2, 0.25) is 0 Å². The second kappa shape index (κ2) is 10.1. The van der Waals surface area contributed by atoms with E-state index in [0.717, 1.165) is 10.8 Å². The molecule has 0 bridgehead atoms. The predicted molar refractivity (Wildman–Crippen MR) is 133 cm³/mol. The Morgan fingerprint density at radius 3 is 2.37 bits per heavy atom. The van der Waals surface area contributed by atoms with Gasteiger partial charge in [0.25, 0.3) is 5.91 Å². The summed E-state index contributed by atoms with van der Waals surface area (Å²) < 4.78 is 35.5. The van der Waals surface area contributed by atoms with Crippen LogP contribution in [-0.2, 0) is 14.9 Å². The van der Waals surface area contributed by atoms with Crippen LogP contribution >= 0.6 is 0 Å². The molecule has 0 heterocycles. The Balaban J connectivity index is 1.55. The van der Waals surface area contributed by atoms with Gasteiger partial charge in [0, 0.05) is 11.1 Å². The van der Waals surface area contributed by atoms with Crippen molar-refractivity contribution in [3.05, 3.63) is 102 Å². The number of nitrogens with zero attached hydrogens (tertiary/aromatic N) is 1. The van der Waals surface area contributed by atoms with Gasteiger partial charge in [0.1, 0.15) is 28.0 Å². The minimum Gasteiger partial charge on any atom is -0.497 e. The van der Waals surface area contributed by atoms with Crippen LogP contribution in [0.2, 0.25) is 0 Å². The Morgan fingerprint density at radius 2 is 1.63 bits per heavy atom. The molecule has 1 amide bonds. The van der Waals surface area contributed by atoms with Gasteiger partial charge in [-0.1, -0.05) is 48.5 Å². The van der Waals surface area contributed by atoms with Crippen molar-refractivity contribution in [3.63, 3.8) is 0 Å². The Labute approximate surface area is 203 Å². The maximum Gasteiger partial charge on any atom is 0.339 e. The summed E-state index contributed by atoms with van der Waals surface area (Å²) in [4.78, 5) is 12.8. The van der Waals surface area contributed by atoms with E-state index in [0.29, 0.717) is 17.0 Å². The molecule has 1 N–H and O–H groups in total. The number of benzene rings is 4. The van der Waals surface area contributed by atoms with Gasteiger partial charge < -0.3 is 14.2 Å². The number of fused-ring (bicyclic) bond motifs is 1. The Bertz CT molecular complexity index is 1560. The first-order valence-electron chi connectivity index (χ1n) is 10.5. The topological polar surface area (TPSA) is 105 Å². The number of carbonyl (C=O) groups is 1. The lowest BCUT2D eigenvalue weighted by Gasteiger charge is -2.09. The summed E-state index contributed by atoms with van der Waals surface area (Å²) in [6.45, 7) is 0. The summed E-state index contributed by atoms with van der Waals surface area (Å²) in [5.74, 6) is -0.0238. The number of rotatable bonds is 7. The van der Waals surface area contributed by atoms with Crippen LogP contribution in [0.1, 0.15) is 5.56 Å². The van der Waals surface area contributed by atoms with Gasteiger partial charge in [-0.3, -0.25) is 4.79 Å². The number of anilines is 1. The molecular weight excluding hydrogens is 464 g/mol. The molecule has 0 radical (unpaired) electrons. The van der Waals surface area contributed by atoms with E-state index in [9.17, 15) is 18.5 Å². The standard InChI is InChI=1S/C27H20N2O5S/c1-33-22-12-14-24(15-13-22)35(31,32)34-23-9-4-6-19(17-23)16-21(18-28)27(30)29-26-11-5-8-20-7-2-3-10-25(20)26/h2-17H,1H3,(H,29,30)/b21-16+. The van der Waals surface area contributed by atoms with E-state index in [-0.39, 0.29) is 16.2 Å². The van der Waals surface area contributed by atoms with E-state index >= 15 is 0 Å². The fourth-order valence-electron chi connectivity index (χ4n) is 3.41. The van der Waals surface area contributed by atoms with Crippen molar-refractivity contribution >= 4 is 38.6 Å². The number of hydrogen-bond donors (Lipinski definition) is 1. The van der Waals surface area contributed by atoms with Crippen molar-refractivity contribution in [1.82, 2.24) is 0 Å². The number of ether oxygens (including phenoxy) is 1. The SMILES string of the molecule is COc1ccc(S(=O)(=O)Oc2cccc(/C=C(\C#N)C(=O)Nc3cccc4ccccc34)c2)cc1. The summed E-state index contributed by atoms with van der Waals surface area (Å²) in [6.07, 6.45) is 1.37. The van der Waals surface area contributed by atoms with Crippen LogP contribution in [0.5, 0.6) is 11.5 Å². The van der Waals surface area contributed by atoms with Gasteiger partial charge in [-0.15, -0.1) is 0 Å². The summed E-state index contributed by atoms with van der Waals surface area (Å²) >= 11 is 0. The molecule has 4 aromatic carbocycles. The molecule has 4 aromatic rings. The Hall–Kier alpha value is -4.61. The molecule has 0 aliphatic rings. The molecule has 0 unspecified atom stereocenters. The molecule has 4 rings (SSSR count). The number of carbonyl (C=O) groups excluding carboxylic acids is 1. The third kappa shape index (κ3) is 5.49. The van der Waals surface area contributed by atoms with Crippen molar-refractivity contribution in [2.45, 2.75) is 4.90 Å². The van der Waals surface area contributed by atoms with E-state index in [1.165, 1.54) is 49.6 Å². The van der Waals surface area contributed by atoms with Gasteiger partial charge in [0.05, 0.1) is 7.11 Å². The molecular formula is C27H20N2O5S. The predicted octanol–water partition coefficient (Wildman–Crippen LogP) is 5.16. The molecule has 35 heavy (non-hydrogen) atoms. The van der Waals surface area contributed by atoms with E-state index in [2.05, 4.69) is 5.32 Å². The molecule has 174 valence electrons. The van der Waals surface area contributed by atoms with Gasteiger partial charge in [-0.25, -0.2) is 0 Å². The third-order valence-electron chi connectivity index (χ3n) is 5.13. The van der Waals surface area contributed by atoms with E-state index in [1.807, 2.05) is 42.5 Å². The zero-order valence-corrected chi connectivity index (χ0v) is 19.5. The molecule has 0 aromatic heterocycles. The molecule has 0 saturated heterocycles. The average molecular weight is 485 g/mol. The van der Waals surface area contributed by atoms with Crippen LogP contribution in [0.3, 0.4) is 0 Å². The van der Waals surface area contributed by atoms with Crippen LogP contribution in [0.4, 0.5) is 5.69 Å². The van der Waals surface area contributed by atoms with Gasteiger partial charge >= 0.3 is 10.1 Å². The highest BCUT2D eigenvalue weighted by molar-refractivity contribution is 7.87. The minimum absolute atomic E-state index is 0.0357. The summed E-state index contributed by atoms with van der Waals surface area (Å²) in [5, 5.41) is 14.2. The molecule has 0 aliphatic carbocycles. The van der Waals surface area contributed by atoms with Gasteiger partial charge in [0.15, 0.2) is 0 Å². The fourth-order valence-corrected chi connectivity index (χ4v) is 4.34. The maximum atomic E-state index is 12.8. The number of amides is 1. The quantitative estimate of drug-likeness (QED) is 0.221. The Kier molecular flexibility index (Phi) is 6.81.